The van der Waals surface area contributed by atoms with Crippen LogP contribution in [0.25, 0.3) is 0 Å². The van der Waals surface area contributed by atoms with E-state index >= 15 is 0 Å². The topological polar surface area (TPSA) is 153 Å². The average Bonchev–Trinajstić information content (AvgIpc) is 3.57. The van der Waals surface area contributed by atoms with E-state index in [9.17, 15) is 14.4 Å². The maximum absolute atomic E-state index is 12.9. The lowest BCUT2D eigenvalue weighted by molar-refractivity contribution is 0.0944. The van der Waals surface area contributed by atoms with Crippen molar-refractivity contribution in [2.75, 3.05) is 36.0 Å². The van der Waals surface area contributed by atoms with E-state index in [1.165, 1.54) is 0 Å². The Kier molecular flexibility index (Phi) is 6.62. The molecule has 0 saturated carbocycles. The number of amides is 3. The summed E-state index contributed by atoms with van der Waals surface area (Å²) in [6, 6.07) is 4.77. The second-order valence-electron chi connectivity index (χ2n) is 8.39. The number of hydrogen-bond acceptors (Lipinski definition) is 6. The van der Waals surface area contributed by atoms with Crippen LogP contribution in [0, 0.1) is 0 Å². The number of nitrogens with one attached hydrogen (secondary N) is 4. The maximum atomic E-state index is 12.9. The lowest BCUT2D eigenvalue weighted by atomic mass is 10.3. The molecule has 12 heteroatoms. The first-order valence-corrected chi connectivity index (χ1v) is 11.1. The summed E-state index contributed by atoms with van der Waals surface area (Å²) in [5.41, 5.74) is 8.34. The summed E-state index contributed by atoms with van der Waals surface area (Å²) in [6.45, 7) is 2.06. The molecule has 0 fully saturated rings. The van der Waals surface area contributed by atoms with Crippen molar-refractivity contribution >= 4 is 40.6 Å². The largest absolute Gasteiger partial charge is 0.397 e. The van der Waals surface area contributed by atoms with Gasteiger partial charge in [0.15, 0.2) is 0 Å². The van der Waals surface area contributed by atoms with E-state index in [1.54, 1.807) is 71.6 Å². The molecule has 0 aliphatic carbocycles. The Bertz CT molecular complexity index is 1310. The third kappa shape index (κ3) is 5.37. The molecular formula is C23H29N9O3. The summed E-state index contributed by atoms with van der Waals surface area (Å²) in [4.78, 5) is 42.3. The van der Waals surface area contributed by atoms with Crippen LogP contribution in [0.4, 0.5) is 17.1 Å². The summed E-state index contributed by atoms with van der Waals surface area (Å²) in [5.74, 6) is -0.0527. The van der Waals surface area contributed by atoms with Crippen molar-refractivity contribution in [3.05, 3.63) is 53.9 Å². The van der Waals surface area contributed by atoms with E-state index in [-0.39, 0.29) is 17.7 Å². The summed E-state index contributed by atoms with van der Waals surface area (Å²) in [7, 11) is 5.17. The molecule has 3 amide bonds. The number of carbonyl (C=O) groups is 3. The van der Waals surface area contributed by atoms with Crippen LogP contribution in [0.3, 0.4) is 0 Å². The van der Waals surface area contributed by atoms with Crippen LogP contribution < -0.4 is 27.0 Å². The minimum atomic E-state index is -0.376. The zero-order valence-electron chi connectivity index (χ0n) is 19.9. The Morgan fingerprint density at radius 1 is 0.886 bits per heavy atom. The molecule has 0 bridgehead atoms. The Morgan fingerprint density at radius 3 is 1.94 bits per heavy atom. The number of rotatable bonds is 8. The van der Waals surface area contributed by atoms with Gasteiger partial charge in [0.05, 0.1) is 29.4 Å². The molecule has 6 N–H and O–H groups in total. The minimum absolute atomic E-state index is 0.239. The van der Waals surface area contributed by atoms with Gasteiger partial charge in [-0.15, -0.1) is 0 Å². The number of carbonyl (C=O) groups excluding carboxylic acids is 3. The Balaban J connectivity index is 1.37. The monoisotopic (exact) mass is 479 g/mol. The van der Waals surface area contributed by atoms with Crippen molar-refractivity contribution < 1.29 is 14.4 Å². The number of aromatic nitrogens is 3. The van der Waals surface area contributed by atoms with Gasteiger partial charge in [0, 0.05) is 59.2 Å². The van der Waals surface area contributed by atoms with Crippen LogP contribution in [0.2, 0.25) is 0 Å². The number of aliphatic imine (C=N–C) groups is 1. The van der Waals surface area contributed by atoms with E-state index in [1.807, 2.05) is 0 Å². The van der Waals surface area contributed by atoms with E-state index in [2.05, 4.69) is 26.3 Å². The summed E-state index contributed by atoms with van der Waals surface area (Å²) < 4.78 is 4.89. The van der Waals surface area contributed by atoms with Crippen molar-refractivity contribution in [3.8, 4) is 0 Å². The van der Waals surface area contributed by atoms with Crippen molar-refractivity contribution in [2.45, 2.75) is 6.42 Å². The molecule has 1 aliphatic rings. The smallest absolute Gasteiger partial charge is 0.272 e. The SMILES string of the molecule is Cn1cc(NC(=O)c2cc(NC(=O)c3cc(N)cn3C)cn2C)cc1C(=O)NCCC1=NCCN1. The lowest BCUT2D eigenvalue weighted by Crippen LogP contribution is -2.30. The highest BCUT2D eigenvalue weighted by Gasteiger charge is 2.18. The third-order valence-electron chi connectivity index (χ3n) is 5.64. The fraction of sp³-hybridized carbons (Fsp3) is 0.304. The Hall–Kier alpha value is -4.48. The van der Waals surface area contributed by atoms with Crippen molar-refractivity contribution in [1.82, 2.24) is 24.3 Å². The number of nitrogen functional groups attached to an aromatic ring is 1. The fourth-order valence-corrected chi connectivity index (χ4v) is 3.92. The summed E-state index contributed by atoms with van der Waals surface area (Å²) >= 11 is 0. The zero-order chi connectivity index (χ0) is 25.1. The summed E-state index contributed by atoms with van der Waals surface area (Å²) in [6.07, 6.45) is 5.60. The first kappa shape index (κ1) is 23.7. The molecule has 184 valence electrons. The Labute approximate surface area is 202 Å². The first-order valence-electron chi connectivity index (χ1n) is 11.1. The second-order valence-corrected chi connectivity index (χ2v) is 8.39. The van der Waals surface area contributed by atoms with E-state index in [4.69, 9.17) is 5.73 Å². The molecule has 0 radical (unpaired) electrons. The number of nitrogens with zero attached hydrogens (tertiary/aromatic N) is 4. The van der Waals surface area contributed by atoms with Crippen LogP contribution in [-0.2, 0) is 21.1 Å². The van der Waals surface area contributed by atoms with Gasteiger partial charge in [0.25, 0.3) is 17.7 Å². The predicted molar refractivity (Wildman–Crippen MR) is 134 cm³/mol. The van der Waals surface area contributed by atoms with E-state index < -0.39 is 0 Å². The molecule has 1 aliphatic heterocycles. The highest BCUT2D eigenvalue weighted by Crippen LogP contribution is 2.19. The predicted octanol–water partition coefficient (Wildman–Crippen LogP) is 0.911. The quantitative estimate of drug-likeness (QED) is 0.325. The molecule has 3 aromatic rings. The van der Waals surface area contributed by atoms with Gasteiger partial charge < -0.3 is 40.7 Å². The van der Waals surface area contributed by atoms with Gasteiger partial charge in [0.2, 0.25) is 0 Å². The lowest BCUT2D eigenvalue weighted by Gasteiger charge is -2.06. The van der Waals surface area contributed by atoms with Gasteiger partial charge in [-0.25, -0.2) is 0 Å². The van der Waals surface area contributed by atoms with Gasteiger partial charge >= 0.3 is 0 Å². The third-order valence-corrected chi connectivity index (χ3v) is 5.64. The Morgan fingerprint density at radius 2 is 1.43 bits per heavy atom. The molecule has 0 unspecified atom stereocenters. The fourth-order valence-electron chi connectivity index (χ4n) is 3.92. The normalized spacial score (nSPS) is 12.7. The average molecular weight is 480 g/mol. The molecule has 0 aromatic carbocycles. The molecule has 12 nitrogen and oxygen atoms in total. The van der Waals surface area contributed by atoms with Gasteiger partial charge in [-0.05, 0) is 18.2 Å². The number of anilines is 3. The molecule has 0 atom stereocenters. The van der Waals surface area contributed by atoms with Gasteiger partial charge in [-0.1, -0.05) is 0 Å². The van der Waals surface area contributed by atoms with Gasteiger partial charge in [0.1, 0.15) is 17.1 Å². The van der Waals surface area contributed by atoms with Crippen molar-refractivity contribution in [3.63, 3.8) is 0 Å². The van der Waals surface area contributed by atoms with Crippen LogP contribution in [0.5, 0.6) is 0 Å². The van der Waals surface area contributed by atoms with Crippen molar-refractivity contribution in [2.24, 2.45) is 26.1 Å². The van der Waals surface area contributed by atoms with E-state index in [0.717, 1.165) is 18.9 Å². The minimum Gasteiger partial charge on any atom is -0.397 e. The van der Waals surface area contributed by atoms with Crippen LogP contribution in [0.1, 0.15) is 37.9 Å². The molecule has 0 saturated heterocycles. The van der Waals surface area contributed by atoms with Gasteiger partial charge in [-0.2, -0.15) is 0 Å². The molecule has 0 spiro atoms. The number of hydrogen-bond donors (Lipinski definition) is 5. The standard InChI is InChI=1S/C23H29N9O3/c1-30-11-14(24)8-17(30)22(34)28-16-10-19(32(3)13-16)23(35)29-15-9-18(31(2)12-15)21(33)27-5-4-20-25-6-7-26-20/h8-13H,4-7,24H2,1-3H3,(H,25,26)(H,27,33)(H,28,34)(H,29,35). The number of amidine groups is 1. The highest BCUT2D eigenvalue weighted by molar-refractivity contribution is 6.07. The van der Waals surface area contributed by atoms with Crippen LogP contribution >= 0.6 is 0 Å². The molecule has 4 heterocycles. The molecule has 3 aromatic heterocycles. The van der Waals surface area contributed by atoms with Crippen molar-refractivity contribution in [1.29, 1.82) is 0 Å². The maximum Gasteiger partial charge on any atom is 0.272 e. The van der Waals surface area contributed by atoms with Gasteiger partial charge in [-0.3, -0.25) is 19.4 Å². The molecule has 4 rings (SSSR count). The second kappa shape index (κ2) is 9.79. The van der Waals surface area contributed by atoms with E-state index in [0.29, 0.717) is 47.1 Å². The molecule has 35 heavy (non-hydrogen) atoms. The first-order chi connectivity index (χ1) is 16.7. The number of nitrogens with two attached hydrogens (primary N) is 1. The highest BCUT2D eigenvalue weighted by atomic mass is 16.2. The molecular weight excluding hydrogens is 450 g/mol. The summed E-state index contributed by atoms with van der Waals surface area (Å²) in [5, 5.41) is 11.6. The van der Waals surface area contributed by atoms with Crippen LogP contribution in [-0.4, -0.2) is 56.9 Å². The number of aryl methyl sites for hydroxylation is 3. The zero-order valence-corrected chi connectivity index (χ0v) is 19.9. The van der Waals surface area contributed by atoms with Crippen LogP contribution in [0.15, 0.2) is 41.8 Å².